The van der Waals surface area contributed by atoms with Gasteiger partial charge in [0, 0.05) is 12.6 Å². The fraction of sp³-hybridized carbons (Fsp3) is 0.417. The van der Waals surface area contributed by atoms with Crippen LogP contribution in [0.5, 0.6) is 0 Å². The number of halogens is 2. The predicted octanol–water partition coefficient (Wildman–Crippen LogP) is 4.29. The molecule has 2 nitrogen and oxygen atoms in total. The number of rotatable bonds is 2. The lowest BCUT2D eigenvalue weighted by Crippen LogP contribution is -2.07. The van der Waals surface area contributed by atoms with E-state index in [9.17, 15) is 4.39 Å². The molecular weight excluding hydrogens is 259 g/mol. The highest BCUT2D eigenvalue weighted by molar-refractivity contribution is 7.71. The molecule has 0 spiro atoms. The number of fused-ring (bicyclic) bond motifs is 1. The molecule has 0 bridgehead atoms. The van der Waals surface area contributed by atoms with Gasteiger partial charge in [-0.3, -0.25) is 0 Å². The average Bonchev–Trinajstić information content (AvgIpc) is 2.91. The molecule has 0 atom stereocenters. The standard InChI is InChI=1S/C12H12ClFN2S/c1-12(2-3-12)6-16-10-4-7(13)8(14)5-9(10)15-11(16)17/h4-5H,2-3,6H2,1H3,(H,15,17). The van der Waals surface area contributed by atoms with Crippen LogP contribution < -0.4 is 0 Å². The van der Waals surface area contributed by atoms with E-state index in [0.29, 0.717) is 15.7 Å². The Kier molecular flexibility index (Phi) is 2.35. The minimum Gasteiger partial charge on any atom is -0.330 e. The van der Waals surface area contributed by atoms with Gasteiger partial charge in [-0.25, -0.2) is 4.39 Å². The molecule has 2 aromatic rings. The summed E-state index contributed by atoms with van der Waals surface area (Å²) >= 11 is 11.1. The van der Waals surface area contributed by atoms with Crippen LogP contribution >= 0.6 is 23.8 Å². The molecule has 5 heteroatoms. The van der Waals surface area contributed by atoms with E-state index in [1.807, 2.05) is 4.57 Å². The van der Waals surface area contributed by atoms with E-state index >= 15 is 0 Å². The summed E-state index contributed by atoms with van der Waals surface area (Å²) in [5.74, 6) is -0.416. The second-order valence-electron chi connectivity index (χ2n) is 5.11. The van der Waals surface area contributed by atoms with Gasteiger partial charge in [0.15, 0.2) is 4.77 Å². The van der Waals surface area contributed by atoms with E-state index in [2.05, 4.69) is 11.9 Å². The van der Waals surface area contributed by atoms with Crippen molar-refractivity contribution in [2.24, 2.45) is 5.41 Å². The molecule has 0 aliphatic heterocycles. The molecule has 1 heterocycles. The number of H-pyrrole nitrogens is 1. The molecule has 0 saturated heterocycles. The SMILES string of the molecule is CC1(Cn2c(=S)[nH]c3cc(F)c(Cl)cc32)CC1. The van der Waals surface area contributed by atoms with Crippen LogP contribution in [0.4, 0.5) is 4.39 Å². The zero-order chi connectivity index (χ0) is 12.2. The van der Waals surface area contributed by atoms with Crippen LogP contribution in [0.2, 0.25) is 5.02 Å². The minimum atomic E-state index is -0.416. The van der Waals surface area contributed by atoms with Crippen LogP contribution in [0.3, 0.4) is 0 Å². The molecule has 0 unspecified atom stereocenters. The Morgan fingerprint density at radius 3 is 2.88 bits per heavy atom. The van der Waals surface area contributed by atoms with Crippen molar-refractivity contribution in [3.05, 3.63) is 27.7 Å². The molecule has 17 heavy (non-hydrogen) atoms. The van der Waals surface area contributed by atoms with E-state index in [1.165, 1.54) is 18.9 Å². The van der Waals surface area contributed by atoms with E-state index in [-0.39, 0.29) is 5.02 Å². The third-order valence-corrected chi connectivity index (χ3v) is 4.07. The van der Waals surface area contributed by atoms with E-state index in [1.54, 1.807) is 6.07 Å². The molecule has 1 aliphatic rings. The van der Waals surface area contributed by atoms with Gasteiger partial charge in [-0.2, -0.15) is 0 Å². The second kappa shape index (κ2) is 3.56. The number of aromatic amines is 1. The summed E-state index contributed by atoms with van der Waals surface area (Å²) in [6.45, 7) is 3.10. The topological polar surface area (TPSA) is 20.7 Å². The van der Waals surface area contributed by atoms with Gasteiger partial charge in [-0.05, 0) is 36.5 Å². The number of nitrogens with zero attached hydrogens (tertiary/aromatic N) is 1. The molecule has 1 aliphatic carbocycles. The number of hydrogen-bond acceptors (Lipinski definition) is 1. The third-order valence-electron chi connectivity index (χ3n) is 3.46. The maximum absolute atomic E-state index is 13.3. The molecule has 1 aromatic heterocycles. The molecule has 1 aromatic carbocycles. The molecule has 3 rings (SSSR count). The molecule has 1 saturated carbocycles. The van der Waals surface area contributed by atoms with Gasteiger partial charge in [0.1, 0.15) is 5.82 Å². The zero-order valence-electron chi connectivity index (χ0n) is 9.39. The highest BCUT2D eigenvalue weighted by atomic mass is 35.5. The van der Waals surface area contributed by atoms with E-state index < -0.39 is 5.82 Å². The molecule has 1 N–H and O–H groups in total. The first kappa shape index (κ1) is 11.2. The summed E-state index contributed by atoms with van der Waals surface area (Å²) in [5, 5.41) is 0.140. The third kappa shape index (κ3) is 1.89. The molecule has 90 valence electrons. The highest BCUT2D eigenvalue weighted by Gasteiger charge is 2.38. The van der Waals surface area contributed by atoms with Crippen molar-refractivity contribution < 1.29 is 4.39 Å². The van der Waals surface area contributed by atoms with Crippen LogP contribution in [0, 0.1) is 16.0 Å². The van der Waals surface area contributed by atoms with Crippen LogP contribution in [0.25, 0.3) is 11.0 Å². The maximum atomic E-state index is 13.3. The Bertz CT molecular complexity index is 654. The maximum Gasteiger partial charge on any atom is 0.178 e. The van der Waals surface area contributed by atoms with Gasteiger partial charge in [0.2, 0.25) is 0 Å². The van der Waals surface area contributed by atoms with Crippen molar-refractivity contribution in [3.63, 3.8) is 0 Å². The fourth-order valence-electron chi connectivity index (χ4n) is 2.06. The van der Waals surface area contributed by atoms with Gasteiger partial charge >= 0.3 is 0 Å². The summed E-state index contributed by atoms with van der Waals surface area (Å²) in [7, 11) is 0. The van der Waals surface area contributed by atoms with Gasteiger partial charge in [-0.15, -0.1) is 0 Å². The predicted molar refractivity (Wildman–Crippen MR) is 69.4 cm³/mol. The lowest BCUT2D eigenvalue weighted by Gasteiger charge is -2.10. The van der Waals surface area contributed by atoms with Crippen LogP contribution in [0.15, 0.2) is 12.1 Å². The smallest absolute Gasteiger partial charge is 0.178 e. The minimum absolute atomic E-state index is 0.140. The largest absolute Gasteiger partial charge is 0.330 e. The highest BCUT2D eigenvalue weighted by Crippen LogP contribution is 2.46. The van der Waals surface area contributed by atoms with Gasteiger partial charge in [0.05, 0.1) is 16.1 Å². The summed E-state index contributed by atoms with van der Waals surface area (Å²) in [6, 6.07) is 3.05. The summed E-state index contributed by atoms with van der Waals surface area (Å²) in [5.41, 5.74) is 1.93. The van der Waals surface area contributed by atoms with Crippen molar-refractivity contribution in [2.45, 2.75) is 26.3 Å². The Balaban J connectivity index is 2.19. The number of benzene rings is 1. The molecule has 0 radical (unpaired) electrons. The van der Waals surface area contributed by atoms with Crippen molar-refractivity contribution in [1.82, 2.24) is 9.55 Å². The lowest BCUT2D eigenvalue weighted by molar-refractivity contribution is 0.469. The Hall–Kier alpha value is -0.870. The zero-order valence-corrected chi connectivity index (χ0v) is 11.0. The first-order valence-corrected chi connectivity index (χ1v) is 6.35. The van der Waals surface area contributed by atoms with Crippen molar-refractivity contribution in [3.8, 4) is 0 Å². The molecule has 1 fully saturated rings. The van der Waals surface area contributed by atoms with Gasteiger partial charge in [0.25, 0.3) is 0 Å². The number of nitrogens with one attached hydrogen (secondary N) is 1. The molecular formula is C12H12ClFN2S. The average molecular weight is 271 g/mol. The normalized spacial score (nSPS) is 17.6. The van der Waals surface area contributed by atoms with Crippen molar-refractivity contribution in [1.29, 1.82) is 0 Å². The number of imidazole rings is 1. The summed E-state index contributed by atoms with van der Waals surface area (Å²) in [6.07, 6.45) is 2.44. The first-order valence-electron chi connectivity index (χ1n) is 5.56. The van der Waals surface area contributed by atoms with Crippen molar-refractivity contribution >= 4 is 34.9 Å². The quantitative estimate of drug-likeness (QED) is 0.808. The van der Waals surface area contributed by atoms with Crippen LogP contribution in [0.1, 0.15) is 19.8 Å². The first-order chi connectivity index (χ1) is 7.98. The monoisotopic (exact) mass is 270 g/mol. The Morgan fingerprint density at radius 2 is 2.24 bits per heavy atom. The van der Waals surface area contributed by atoms with Gasteiger partial charge < -0.3 is 9.55 Å². The summed E-state index contributed by atoms with van der Waals surface area (Å²) < 4.78 is 16.0. The van der Waals surface area contributed by atoms with Crippen LogP contribution in [-0.2, 0) is 6.54 Å². The van der Waals surface area contributed by atoms with Crippen molar-refractivity contribution in [2.75, 3.05) is 0 Å². The fourth-order valence-corrected chi connectivity index (χ4v) is 2.49. The van der Waals surface area contributed by atoms with E-state index in [0.717, 1.165) is 12.1 Å². The van der Waals surface area contributed by atoms with Crippen LogP contribution in [-0.4, -0.2) is 9.55 Å². The second-order valence-corrected chi connectivity index (χ2v) is 5.90. The Labute approximate surface area is 108 Å². The summed E-state index contributed by atoms with van der Waals surface area (Å²) in [4.78, 5) is 3.02. The van der Waals surface area contributed by atoms with Gasteiger partial charge in [-0.1, -0.05) is 18.5 Å². The number of aromatic nitrogens is 2. The molecule has 0 amide bonds. The Morgan fingerprint density at radius 1 is 1.53 bits per heavy atom. The number of hydrogen-bond donors (Lipinski definition) is 1. The van der Waals surface area contributed by atoms with E-state index in [4.69, 9.17) is 23.8 Å². The lowest BCUT2D eigenvalue weighted by atomic mass is 10.1.